The average Bonchev–Trinajstić information content (AvgIpc) is 3.64. The molecule has 0 spiro atoms. The Morgan fingerprint density at radius 1 is 1.06 bits per heavy atom. The quantitative estimate of drug-likeness (QED) is 0.151. The van der Waals surface area contributed by atoms with Crippen LogP contribution in [0, 0.1) is 22.0 Å². The Labute approximate surface area is 199 Å². The van der Waals surface area contributed by atoms with Crippen molar-refractivity contribution in [2.24, 2.45) is 11.8 Å². The molecule has 9 nitrogen and oxygen atoms in total. The molecule has 0 saturated heterocycles. The summed E-state index contributed by atoms with van der Waals surface area (Å²) in [6.07, 6.45) is 4.22. The van der Waals surface area contributed by atoms with E-state index in [1.54, 1.807) is 30.3 Å². The van der Waals surface area contributed by atoms with E-state index in [0.29, 0.717) is 18.9 Å². The Hall–Kier alpha value is -2.90. The zero-order valence-electron chi connectivity index (χ0n) is 19.4. The van der Waals surface area contributed by atoms with Gasteiger partial charge >= 0.3 is 13.7 Å². The topological polar surface area (TPSA) is 117 Å². The van der Waals surface area contributed by atoms with E-state index in [1.807, 2.05) is 13.8 Å². The maximum Gasteiger partial charge on any atom is 0.513 e. The van der Waals surface area contributed by atoms with Gasteiger partial charge in [-0.05, 0) is 42.5 Å². The molecule has 0 aliphatic heterocycles. The van der Waals surface area contributed by atoms with Crippen LogP contribution in [0.1, 0.15) is 46.0 Å². The van der Waals surface area contributed by atoms with Gasteiger partial charge in [0.1, 0.15) is 17.5 Å². The second-order valence-corrected chi connectivity index (χ2v) is 10.0. The van der Waals surface area contributed by atoms with E-state index in [2.05, 4.69) is 5.09 Å². The lowest BCUT2D eigenvalue weighted by Crippen LogP contribution is -2.39. The minimum Gasteiger partial charge on any atom is -0.464 e. The van der Waals surface area contributed by atoms with Crippen molar-refractivity contribution in [1.82, 2.24) is 5.09 Å². The van der Waals surface area contributed by atoms with Crippen molar-refractivity contribution in [2.75, 3.05) is 6.61 Å². The summed E-state index contributed by atoms with van der Waals surface area (Å²) in [4.78, 5) is 23.4. The number of hydrogen-bond acceptors (Lipinski definition) is 7. The van der Waals surface area contributed by atoms with Gasteiger partial charge in [0.2, 0.25) is 0 Å². The van der Waals surface area contributed by atoms with E-state index >= 15 is 0 Å². The smallest absolute Gasteiger partial charge is 0.464 e. The predicted octanol–water partition coefficient (Wildman–Crippen LogP) is 5.90. The van der Waals surface area contributed by atoms with Gasteiger partial charge in [-0.15, -0.1) is 0 Å². The highest BCUT2D eigenvalue weighted by atomic mass is 31.2. The molecule has 0 aromatic heterocycles. The number of ether oxygens (including phenoxy) is 1. The average molecular weight is 490 g/mol. The number of benzene rings is 2. The molecule has 184 valence electrons. The SMILES string of the molecule is CCC(CC)COC(=O)C(CC1CC1)NP(=O)(Oc1ccccc1)Oc1ccc([N+](=O)[O-])cc1. The highest BCUT2D eigenvalue weighted by Gasteiger charge is 2.39. The van der Waals surface area contributed by atoms with Crippen molar-refractivity contribution in [3.05, 3.63) is 64.7 Å². The molecule has 0 heterocycles. The zero-order chi connectivity index (χ0) is 24.6. The first kappa shape index (κ1) is 25.7. The molecule has 2 aromatic rings. The van der Waals surface area contributed by atoms with Crippen molar-refractivity contribution < 1.29 is 28.1 Å². The molecule has 1 saturated carbocycles. The molecule has 3 rings (SSSR count). The van der Waals surface area contributed by atoms with Crippen molar-refractivity contribution in [3.8, 4) is 11.5 Å². The Morgan fingerprint density at radius 2 is 1.65 bits per heavy atom. The summed E-state index contributed by atoms with van der Waals surface area (Å²) in [6, 6.07) is 12.7. The van der Waals surface area contributed by atoms with Crippen LogP contribution in [0.15, 0.2) is 54.6 Å². The van der Waals surface area contributed by atoms with Crippen LogP contribution in [-0.2, 0) is 14.1 Å². The minimum absolute atomic E-state index is 0.105. The number of nitrogens with zero attached hydrogens (tertiary/aromatic N) is 1. The molecular weight excluding hydrogens is 459 g/mol. The van der Waals surface area contributed by atoms with E-state index < -0.39 is 24.7 Å². The molecule has 1 aliphatic carbocycles. The molecule has 2 aromatic carbocycles. The van der Waals surface area contributed by atoms with Crippen molar-refractivity contribution >= 4 is 19.4 Å². The first-order valence-electron chi connectivity index (χ1n) is 11.5. The maximum absolute atomic E-state index is 13.8. The van der Waals surface area contributed by atoms with Gasteiger partial charge in [0.05, 0.1) is 11.5 Å². The summed E-state index contributed by atoms with van der Waals surface area (Å²) in [5.74, 6) is 0.490. The van der Waals surface area contributed by atoms with Gasteiger partial charge < -0.3 is 13.8 Å². The fourth-order valence-electron chi connectivity index (χ4n) is 3.36. The maximum atomic E-state index is 13.8. The summed E-state index contributed by atoms with van der Waals surface area (Å²) in [6.45, 7) is 4.38. The first-order chi connectivity index (χ1) is 16.3. The lowest BCUT2D eigenvalue weighted by molar-refractivity contribution is -0.384. The molecule has 1 fully saturated rings. The predicted molar refractivity (Wildman–Crippen MR) is 128 cm³/mol. The number of nitro groups is 1. The van der Waals surface area contributed by atoms with E-state index in [4.69, 9.17) is 13.8 Å². The highest BCUT2D eigenvalue weighted by molar-refractivity contribution is 7.52. The summed E-state index contributed by atoms with van der Waals surface area (Å²) >= 11 is 0. The molecule has 0 bridgehead atoms. The second kappa shape index (κ2) is 12.0. The molecule has 2 atom stereocenters. The highest BCUT2D eigenvalue weighted by Crippen LogP contribution is 2.47. The van der Waals surface area contributed by atoms with E-state index in [0.717, 1.165) is 25.7 Å². The van der Waals surface area contributed by atoms with Crippen LogP contribution < -0.4 is 14.1 Å². The Kier molecular flexibility index (Phi) is 9.07. The summed E-state index contributed by atoms with van der Waals surface area (Å²) in [7, 11) is -4.12. The number of carbonyl (C=O) groups excluding carboxylic acids is 1. The Balaban J connectivity index is 1.81. The minimum atomic E-state index is -4.12. The molecule has 0 radical (unpaired) electrons. The van der Waals surface area contributed by atoms with Gasteiger partial charge in [-0.3, -0.25) is 14.9 Å². The van der Waals surface area contributed by atoms with Crippen LogP contribution in [0.2, 0.25) is 0 Å². The number of rotatable bonds is 14. The van der Waals surface area contributed by atoms with Crippen molar-refractivity contribution in [1.29, 1.82) is 0 Å². The number of esters is 1. The van der Waals surface area contributed by atoms with Gasteiger partial charge in [0.25, 0.3) is 5.69 Å². The van der Waals surface area contributed by atoms with Gasteiger partial charge in [-0.25, -0.2) is 4.57 Å². The van der Waals surface area contributed by atoms with Gasteiger partial charge in [-0.2, -0.15) is 5.09 Å². The standard InChI is InChI=1S/C24H31N2O7P/c1-3-18(4-2)17-31-24(27)23(16-19-10-11-19)25-34(30,32-21-8-6-5-7-9-21)33-22-14-12-20(13-15-22)26(28)29/h5-9,12-15,18-19,23H,3-4,10-11,16-17H2,1-2H3,(H,25,30). The molecule has 34 heavy (non-hydrogen) atoms. The molecular formula is C24H31N2O7P. The third-order valence-electron chi connectivity index (χ3n) is 5.72. The van der Waals surface area contributed by atoms with Crippen LogP contribution in [0.25, 0.3) is 0 Å². The Bertz CT molecular complexity index is 992. The van der Waals surface area contributed by atoms with Gasteiger partial charge in [-0.1, -0.05) is 57.7 Å². The van der Waals surface area contributed by atoms with Gasteiger partial charge in [0, 0.05) is 12.1 Å². The molecule has 1 N–H and O–H groups in total. The number of non-ortho nitro benzene ring substituents is 1. The van der Waals surface area contributed by atoms with E-state index in [-0.39, 0.29) is 23.1 Å². The van der Waals surface area contributed by atoms with Crippen molar-refractivity contribution in [3.63, 3.8) is 0 Å². The lowest BCUT2D eigenvalue weighted by Gasteiger charge is -2.25. The summed E-state index contributed by atoms with van der Waals surface area (Å²) in [5.41, 5.74) is -0.129. The molecule has 10 heteroatoms. The number of carbonyl (C=O) groups is 1. The second-order valence-electron chi connectivity index (χ2n) is 8.42. The van der Waals surface area contributed by atoms with E-state index in [1.165, 1.54) is 24.3 Å². The number of para-hydroxylation sites is 1. The zero-order valence-corrected chi connectivity index (χ0v) is 20.3. The monoisotopic (exact) mass is 490 g/mol. The number of hydrogen-bond donors (Lipinski definition) is 1. The normalized spacial score (nSPS) is 15.9. The van der Waals surface area contributed by atoms with Crippen LogP contribution >= 0.6 is 7.75 Å². The first-order valence-corrected chi connectivity index (χ1v) is 13.1. The van der Waals surface area contributed by atoms with E-state index in [9.17, 15) is 19.5 Å². The van der Waals surface area contributed by atoms with Gasteiger partial charge in [0.15, 0.2) is 0 Å². The largest absolute Gasteiger partial charge is 0.513 e. The molecule has 1 aliphatic rings. The fraction of sp³-hybridized carbons (Fsp3) is 0.458. The van der Waals surface area contributed by atoms with Crippen LogP contribution in [0.4, 0.5) is 5.69 Å². The van der Waals surface area contributed by atoms with Crippen LogP contribution in [0.5, 0.6) is 11.5 Å². The Morgan fingerprint density at radius 3 is 2.18 bits per heavy atom. The van der Waals surface area contributed by atoms with Crippen LogP contribution in [0.3, 0.4) is 0 Å². The number of nitrogens with one attached hydrogen (secondary N) is 1. The van der Waals surface area contributed by atoms with Crippen LogP contribution in [-0.4, -0.2) is 23.5 Å². The fourth-order valence-corrected chi connectivity index (χ4v) is 4.90. The van der Waals surface area contributed by atoms with Crippen molar-refractivity contribution in [2.45, 2.75) is 52.0 Å². The lowest BCUT2D eigenvalue weighted by atomic mass is 10.1. The summed E-state index contributed by atoms with van der Waals surface area (Å²) < 4.78 is 30.8. The molecule has 0 amide bonds. The third kappa shape index (κ3) is 7.85. The summed E-state index contributed by atoms with van der Waals surface area (Å²) in [5, 5.41) is 13.7. The number of nitro benzene ring substituents is 1. The third-order valence-corrected chi connectivity index (χ3v) is 7.25. The molecule has 2 unspecified atom stereocenters.